The Balaban J connectivity index is 1.91. The lowest BCUT2D eigenvalue weighted by Gasteiger charge is -2.19. The van der Waals surface area contributed by atoms with Gasteiger partial charge in [-0.05, 0) is 49.2 Å². The molecule has 0 aliphatic heterocycles. The molecule has 3 aromatic rings. The molecule has 2 unspecified atom stereocenters. The van der Waals surface area contributed by atoms with Crippen LogP contribution in [0.4, 0.5) is 5.82 Å². The Kier molecular flexibility index (Phi) is 7.07. The summed E-state index contributed by atoms with van der Waals surface area (Å²) in [4.78, 5) is 17.0. The highest BCUT2D eigenvalue weighted by molar-refractivity contribution is 8.00. The molecule has 0 radical (unpaired) electrons. The highest BCUT2D eigenvalue weighted by Gasteiger charge is 2.25. The molecule has 2 atom stereocenters. The standard InChI is InChI=1S/C24H21N5O3S/c1-13(15-6-8-17(30)9-7-15)28-23(32)14(2)33-24-20(12-26)21(19(11-25)22(27)29-24)16-4-3-5-18(31)10-16/h3-10,13-14,30-31H,1-2H3,(H2,27,29)(H,28,32). The number of carbonyl (C=O) groups excluding carboxylic acids is 1. The number of anilines is 1. The Labute approximate surface area is 195 Å². The van der Waals surface area contributed by atoms with Crippen molar-refractivity contribution in [3.05, 3.63) is 65.2 Å². The first kappa shape index (κ1) is 23.5. The third-order valence-electron chi connectivity index (χ3n) is 4.96. The van der Waals surface area contributed by atoms with E-state index in [1.165, 1.54) is 12.1 Å². The number of hydrogen-bond donors (Lipinski definition) is 4. The molecule has 1 aromatic heterocycles. The van der Waals surface area contributed by atoms with Gasteiger partial charge in [0.15, 0.2) is 0 Å². The molecular weight excluding hydrogens is 438 g/mol. The maximum absolute atomic E-state index is 12.8. The molecule has 0 saturated heterocycles. The Morgan fingerprint density at radius 1 is 1.06 bits per heavy atom. The van der Waals surface area contributed by atoms with E-state index in [4.69, 9.17) is 5.73 Å². The van der Waals surface area contributed by atoms with Crippen LogP contribution >= 0.6 is 11.8 Å². The molecule has 8 nitrogen and oxygen atoms in total. The van der Waals surface area contributed by atoms with Gasteiger partial charge < -0.3 is 21.3 Å². The maximum atomic E-state index is 12.8. The SMILES string of the molecule is CC(Sc1nc(N)c(C#N)c(-c2cccc(O)c2)c1C#N)C(=O)NC(C)c1ccc(O)cc1. The van der Waals surface area contributed by atoms with E-state index in [0.29, 0.717) is 5.56 Å². The van der Waals surface area contributed by atoms with Gasteiger partial charge in [0.05, 0.1) is 16.9 Å². The number of phenols is 2. The number of nitrogens with one attached hydrogen (secondary N) is 1. The molecule has 0 spiro atoms. The first-order valence-electron chi connectivity index (χ1n) is 9.94. The van der Waals surface area contributed by atoms with Crippen molar-refractivity contribution in [1.29, 1.82) is 10.5 Å². The van der Waals surface area contributed by atoms with Crippen LogP contribution in [-0.2, 0) is 4.79 Å². The summed E-state index contributed by atoms with van der Waals surface area (Å²) in [6, 6.07) is 16.4. The predicted octanol–water partition coefficient (Wildman–Crippen LogP) is 3.84. The zero-order valence-corrected chi connectivity index (χ0v) is 18.7. The molecule has 3 rings (SSSR count). The van der Waals surface area contributed by atoms with E-state index in [1.807, 2.05) is 13.0 Å². The second-order valence-corrected chi connectivity index (χ2v) is 8.61. The number of aromatic nitrogens is 1. The van der Waals surface area contributed by atoms with Crippen molar-refractivity contribution in [1.82, 2.24) is 10.3 Å². The Morgan fingerprint density at radius 3 is 2.33 bits per heavy atom. The molecule has 166 valence electrons. The van der Waals surface area contributed by atoms with Crippen LogP contribution in [0.25, 0.3) is 11.1 Å². The van der Waals surface area contributed by atoms with Gasteiger partial charge in [-0.2, -0.15) is 10.5 Å². The number of nitrogen functional groups attached to an aromatic ring is 1. The number of pyridine rings is 1. The number of rotatable bonds is 6. The second kappa shape index (κ2) is 9.94. The molecule has 1 amide bonds. The van der Waals surface area contributed by atoms with Gasteiger partial charge in [0, 0.05) is 5.56 Å². The van der Waals surface area contributed by atoms with E-state index in [9.17, 15) is 25.5 Å². The number of benzene rings is 2. The zero-order valence-electron chi connectivity index (χ0n) is 17.9. The van der Waals surface area contributed by atoms with Crippen LogP contribution < -0.4 is 11.1 Å². The summed E-state index contributed by atoms with van der Waals surface area (Å²) in [6.07, 6.45) is 0. The van der Waals surface area contributed by atoms with Gasteiger partial charge in [-0.3, -0.25) is 4.79 Å². The van der Waals surface area contributed by atoms with Gasteiger partial charge in [-0.25, -0.2) is 4.98 Å². The van der Waals surface area contributed by atoms with Crippen molar-refractivity contribution < 1.29 is 15.0 Å². The lowest BCUT2D eigenvalue weighted by Crippen LogP contribution is -2.33. The third kappa shape index (κ3) is 5.17. The minimum atomic E-state index is -0.631. The number of aromatic hydroxyl groups is 2. The summed E-state index contributed by atoms with van der Waals surface area (Å²) in [5.41, 5.74) is 7.66. The Bertz CT molecular complexity index is 1280. The van der Waals surface area contributed by atoms with Gasteiger partial charge in [0.25, 0.3) is 0 Å². The minimum absolute atomic E-state index is 0.0270. The predicted molar refractivity (Wildman–Crippen MR) is 125 cm³/mol. The second-order valence-electron chi connectivity index (χ2n) is 7.28. The summed E-state index contributed by atoms with van der Waals surface area (Å²) >= 11 is 1.05. The summed E-state index contributed by atoms with van der Waals surface area (Å²) in [5, 5.41) is 41.3. The molecule has 0 saturated carbocycles. The molecule has 2 aromatic carbocycles. The number of thioether (sulfide) groups is 1. The maximum Gasteiger partial charge on any atom is 0.233 e. The number of nitrogens with two attached hydrogens (primary N) is 1. The molecule has 5 N–H and O–H groups in total. The average Bonchev–Trinajstić information content (AvgIpc) is 2.79. The van der Waals surface area contributed by atoms with E-state index < -0.39 is 5.25 Å². The number of phenolic OH excluding ortho intramolecular Hbond substituents is 2. The van der Waals surface area contributed by atoms with E-state index in [0.717, 1.165) is 17.3 Å². The van der Waals surface area contributed by atoms with Crippen molar-refractivity contribution in [2.45, 2.75) is 30.2 Å². The Hall–Kier alpha value is -4.21. The van der Waals surface area contributed by atoms with Crippen LogP contribution in [0.3, 0.4) is 0 Å². The van der Waals surface area contributed by atoms with E-state index in [2.05, 4.69) is 16.4 Å². The number of carbonyl (C=O) groups is 1. The summed E-state index contributed by atoms with van der Waals surface area (Å²) < 4.78 is 0. The van der Waals surface area contributed by atoms with Crippen molar-refractivity contribution in [2.75, 3.05) is 5.73 Å². The van der Waals surface area contributed by atoms with Crippen molar-refractivity contribution in [2.24, 2.45) is 0 Å². The van der Waals surface area contributed by atoms with E-state index >= 15 is 0 Å². The normalized spacial score (nSPS) is 12.2. The van der Waals surface area contributed by atoms with Crippen molar-refractivity contribution >= 4 is 23.5 Å². The minimum Gasteiger partial charge on any atom is -0.508 e. The van der Waals surface area contributed by atoms with Crippen molar-refractivity contribution in [3.8, 4) is 34.8 Å². The number of hydrogen-bond acceptors (Lipinski definition) is 8. The number of nitrogens with zero attached hydrogens (tertiary/aromatic N) is 3. The lowest BCUT2D eigenvalue weighted by molar-refractivity contribution is -0.120. The molecule has 9 heteroatoms. The lowest BCUT2D eigenvalue weighted by atomic mass is 9.97. The zero-order chi connectivity index (χ0) is 24.1. The molecule has 33 heavy (non-hydrogen) atoms. The van der Waals surface area contributed by atoms with Crippen LogP contribution in [0.1, 0.15) is 36.6 Å². The van der Waals surface area contributed by atoms with E-state index in [1.54, 1.807) is 43.3 Å². The van der Waals surface area contributed by atoms with Gasteiger partial charge in [-0.15, -0.1) is 0 Å². The van der Waals surface area contributed by atoms with Crippen LogP contribution in [0.2, 0.25) is 0 Å². The smallest absolute Gasteiger partial charge is 0.233 e. The summed E-state index contributed by atoms with van der Waals surface area (Å²) in [7, 11) is 0. The fraction of sp³-hybridized carbons (Fsp3) is 0.167. The Morgan fingerprint density at radius 2 is 1.73 bits per heavy atom. The van der Waals surface area contributed by atoms with Gasteiger partial charge in [0.2, 0.25) is 5.91 Å². The van der Waals surface area contributed by atoms with Crippen LogP contribution in [0.15, 0.2) is 53.6 Å². The fourth-order valence-corrected chi connectivity index (χ4v) is 4.16. The first-order chi connectivity index (χ1) is 15.7. The highest BCUT2D eigenvalue weighted by atomic mass is 32.2. The molecule has 0 bridgehead atoms. The van der Waals surface area contributed by atoms with E-state index in [-0.39, 0.29) is 51.0 Å². The molecular formula is C24H21N5O3S. The van der Waals surface area contributed by atoms with Gasteiger partial charge >= 0.3 is 0 Å². The quantitative estimate of drug-likeness (QED) is 0.405. The molecule has 0 aliphatic carbocycles. The monoisotopic (exact) mass is 459 g/mol. The summed E-state index contributed by atoms with van der Waals surface area (Å²) in [6.45, 7) is 3.50. The topological polar surface area (TPSA) is 156 Å². The van der Waals surface area contributed by atoms with Gasteiger partial charge in [-0.1, -0.05) is 36.0 Å². The van der Waals surface area contributed by atoms with Crippen LogP contribution in [-0.4, -0.2) is 26.4 Å². The third-order valence-corrected chi connectivity index (χ3v) is 6.05. The van der Waals surface area contributed by atoms with Gasteiger partial charge in [0.1, 0.15) is 40.0 Å². The average molecular weight is 460 g/mol. The first-order valence-corrected chi connectivity index (χ1v) is 10.8. The molecule has 0 aliphatic rings. The fourth-order valence-electron chi connectivity index (χ4n) is 3.23. The number of nitriles is 2. The van der Waals surface area contributed by atoms with Crippen molar-refractivity contribution in [3.63, 3.8) is 0 Å². The van der Waals surface area contributed by atoms with Crippen LogP contribution in [0, 0.1) is 22.7 Å². The number of amides is 1. The summed E-state index contributed by atoms with van der Waals surface area (Å²) in [5.74, 6) is -0.242. The highest BCUT2D eigenvalue weighted by Crippen LogP contribution is 2.37. The van der Waals surface area contributed by atoms with Crippen LogP contribution in [0.5, 0.6) is 11.5 Å². The molecule has 0 fully saturated rings. The molecule has 1 heterocycles. The largest absolute Gasteiger partial charge is 0.508 e.